The van der Waals surface area contributed by atoms with Gasteiger partial charge in [-0.1, -0.05) is 23.6 Å². The molecule has 0 radical (unpaired) electrons. The van der Waals surface area contributed by atoms with Gasteiger partial charge in [0.25, 0.3) is 0 Å². The van der Waals surface area contributed by atoms with Gasteiger partial charge in [-0.2, -0.15) is 0 Å². The van der Waals surface area contributed by atoms with Gasteiger partial charge in [0.2, 0.25) is 0 Å². The van der Waals surface area contributed by atoms with Gasteiger partial charge in [0.15, 0.2) is 0 Å². The predicted molar refractivity (Wildman–Crippen MR) is 129 cm³/mol. The third-order valence-electron chi connectivity index (χ3n) is 4.06. The predicted octanol–water partition coefficient (Wildman–Crippen LogP) is 3.29. The molecular weight excluding hydrogens is 639 g/mol. The van der Waals surface area contributed by atoms with Crippen LogP contribution >= 0.6 is 45.2 Å². The zero-order valence-electron chi connectivity index (χ0n) is 16.1. The third-order valence-corrected chi connectivity index (χ3v) is 5.40. The Morgan fingerprint density at radius 1 is 0.828 bits per heavy atom. The molecular formula is C21H23I2N3NiO2. The van der Waals surface area contributed by atoms with Crippen LogP contribution in [0.15, 0.2) is 46.4 Å². The number of aliphatic imine (C=N–C) groups is 2. The molecule has 0 spiro atoms. The number of halogens is 2. The van der Waals surface area contributed by atoms with Gasteiger partial charge in [-0.15, -0.1) is 0 Å². The average molecular weight is 662 g/mol. The number of rotatable bonds is 10. The van der Waals surface area contributed by atoms with E-state index in [2.05, 4.69) is 67.1 Å². The Kier molecular flexibility index (Phi) is 13.0. The van der Waals surface area contributed by atoms with Crippen molar-refractivity contribution >= 4 is 57.6 Å². The van der Waals surface area contributed by atoms with Crippen LogP contribution in [0.5, 0.6) is 11.5 Å². The van der Waals surface area contributed by atoms with E-state index in [9.17, 15) is 10.2 Å². The van der Waals surface area contributed by atoms with Crippen molar-refractivity contribution < 1.29 is 26.7 Å². The molecule has 2 aromatic rings. The van der Waals surface area contributed by atoms with Gasteiger partial charge < -0.3 is 15.1 Å². The van der Waals surface area contributed by atoms with Crippen molar-refractivity contribution in [2.24, 2.45) is 9.98 Å². The molecule has 0 aromatic heterocycles. The molecule has 0 aliphatic heterocycles. The van der Waals surface area contributed by atoms with Crippen LogP contribution in [0.2, 0.25) is 0 Å². The molecule has 0 aliphatic rings. The van der Waals surface area contributed by atoms with Crippen molar-refractivity contribution in [2.75, 3.05) is 33.2 Å². The van der Waals surface area contributed by atoms with E-state index >= 15 is 0 Å². The van der Waals surface area contributed by atoms with Crippen molar-refractivity contribution in [1.29, 1.82) is 0 Å². The quantitative estimate of drug-likeness (QED) is 0.170. The van der Waals surface area contributed by atoms with Gasteiger partial charge in [0.1, 0.15) is 0 Å². The summed E-state index contributed by atoms with van der Waals surface area (Å²) in [6.45, 7) is 3.29. The Balaban J connectivity index is 0.00000420. The van der Waals surface area contributed by atoms with E-state index in [1.165, 1.54) is 0 Å². The van der Waals surface area contributed by atoms with E-state index in [4.69, 9.17) is 0 Å². The maximum atomic E-state index is 11.7. The molecule has 8 heteroatoms. The van der Waals surface area contributed by atoms with Crippen LogP contribution in [-0.4, -0.2) is 50.6 Å². The van der Waals surface area contributed by atoms with Gasteiger partial charge in [-0.05, 0) is 114 Å². The molecule has 2 rings (SSSR count). The maximum Gasteiger partial charge on any atom is 2.00 e. The zero-order valence-corrected chi connectivity index (χ0v) is 21.4. The average Bonchev–Trinajstić information content (AvgIpc) is 2.66. The summed E-state index contributed by atoms with van der Waals surface area (Å²) in [6.07, 6.45) is 5.23. The smallest absolute Gasteiger partial charge is 0.872 e. The van der Waals surface area contributed by atoms with Crippen molar-refractivity contribution in [3.05, 3.63) is 54.7 Å². The van der Waals surface area contributed by atoms with Crippen LogP contribution in [-0.2, 0) is 16.5 Å². The van der Waals surface area contributed by atoms with Crippen LogP contribution in [0.3, 0.4) is 0 Å². The Labute approximate surface area is 209 Å². The van der Waals surface area contributed by atoms with E-state index in [1.54, 1.807) is 36.7 Å². The first kappa shape index (κ1) is 26.3. The van der Waals surface area contributed by atoms with E-state index in [0.717, 1.165) is 33.1 Å². The minimum absolute atomic E-state index is 0. The largest absolute Gasteiger partial charge is 2.00 e. The fourth-order valence-electron chi connectivity index (χ4n) is 2.54. The summed E-state index contributed by atoms with van der Waals surface area (Å²) in [7, 11) is 2.08. The minimum Gasteiger partial charge on any atom is -0.872 e. The van der Waals surface area contributed by atoms with Crippen molar-refractivity contribution in [1.82, 2.24) is 4.90 Å². The molecule has 0 saturated heterocycles. The summed E-state index contributed by atoms with van der Waals surface area (Å²) in [4.78, 5) is 11.0. The first-order chi connectivity index (χ1) is 13.5. The molecule has 0 fully saturated rings. The number of nitrogens with zero attached hydrogens (tertiary/aromatic N) is 3. The van der Waals surface area contributed by atoms with E-state index in [1.807, 2.05) is 12.1 Å². The second kappa shape index (κ2) is 14.3. The SMILES string of the molecule is CN(CCCN=Cc1cc(I)ccc1[O-])CCCN=Cc1cc(I)ccc1[O-].[Ni+2]. The number of benzene rings is 2. The summed E-state index contributed by atoms with van der Waals surface area (Å²) < 4.78 is 2.07. The molecule has 29 heavy (non-hydrogen) atoms. The van der Waals surface area contributed by atoms with E-state index in [0.29, 0.717) is 24.2 Å². The molecule has 0 saturated carbocycles. The summed E-state index contributed by atoms with van der Waals surface area (Å²) in [5, 5.41) is 23.4. The molecule has 158 valence electrons. The molecule has 0 unspecified atom stereocenters. The van der Waals surface area contributed by atoms with E-state index in [-0.39, 0.29) is 28.0 Å². The summed E-state index contributed by atoms with van der Waals surface area (Å²) >= 11 is 4.38. The fourth-order valence-corrected chi connectivity index (χ4v) is 3.57. The van der Waals surface area contributed by atoms with Gasteiger partial charge in [-0.25, -0.2) is 0 Å². The van der Waals surface area contributed by atoms with Gasteiger partial charge in [-0.3, -0.25) is 9.98 Å². The molecule has 0 aliphatic carbocycles. The minimum atomic E-state index is 0. The normalized spacial score (nSPS) is 11.4. The van der Waals surface area contributed by atoms with Gasteiger partial charge in [0.05, 0.1) is 0 Å². The van der Waals surface area contributed by atoms with Crippen molar-refractivity contribution in [3.63, 3.8) is 0 Å². The van der Waals surface area contributed by atoms with Gasteiger partial charge >= 0.3 is 16.5 Å². The van der Waals surface area contributed by atoms with Crippen LogP contribution in [0.4, 0.5) is 0 Å². The van der Waals surface area contributed by atoms with Crippen LogP contribution in [0, 0.1) is 7.14 Å². The first-order valence-electron chi connectivity index (χ1n) is 9.07. The molecule has 0 bridgehead atoms. The fraction of sp³-hybridized carbons (Fsp3) is 0.333. The number of hydrogen-bond acceptors (Lipinski definition) is 5. The Bertz CT molecular complexity index is 764. The van der Waals surface area contributed by atoms with Crippen LogP contribution in [0.25, 0.3) is 0 Å². The molecule has 0 atom stereocenters. The zero-order chi connectivity index (χ0) is 20.4. The standard InChI is InChI=1S/C21H25I2N3O2.Ni/c1-26(10-2-8-24-14-16-12-18(22)4-6-20(16)27)11-3-9-25-15-17-13-19(23)5-7-21(17)28;/h4-7,12-15,27-28H,2-3,8-11H2,1H3;/q;+2/p-2. The van der Waals surface area contributed by atoms with Crippen LogP contribution in [0.1, 0.15) is 24.0 Å². The van der Waals surface area contributed by atoms with E-state index < -0.39 is 0 Å². The Morgan fingerprint density at radius 2 is 1.24 bits per heavy atom. The Hall–Kier alpha value is -0.706. The third kappa shape index (κ3) is 10.2. The van der Waals surface area contributed by atoms with Crippen molar-refractivity contribution in [3.8, 4) is 11.5 Å². The summed E-state index contributed by atoms with van der Waals surface area (Å²) in [6, 6.07) is 10.5. The van der Waals surface area contributed by atoms with Crippen molar-refractivity contribution in [2.45, 2.75) is 12.8 Å². The molecule has 2 aromatic carbocycles. The van der Waals surface area contributed by atoms with Gasteiger partial charge in [0, 0.05) is 32.7 Å². The second-order valence-electron chi connectivity index (χ2n) is 6.45. The Morgan fingerprint density at radius 3 is 1.66 bits per heavy atom. The summed E-state index contributed by atoms with van der Waals surface area (Å²) in [5.41, 5.74) is 1.29. The topological polar surface area (TPSA) is 74.1 Å². The molecule has 0 amide bonds. The van der Waals surface area contributed by atoms with Crippen LogP contribution < -0.4 is 10.2 Å². The molecule has 5 nitrogen and oxygen atoms in total. The first-order valence-corrected chi connectivity index (χ1v) is 11.2. The molecule has 0 heterocycles. The maximum absolute atomic E-state index is 11.7. The summed E-state index contributed by atoms with van der Waals surface area (Å²) in [5.74, 6) is 0.0207. The molecule has 0 N–H and O–H groups in total. The number of hydrogen-bond donors (Lipinski definition) is 0. The second-order valence-corrected chi connectivity index (χ2v) is 8.94. The monoisotopic (exact) mass is 661 g/mol.